The van der Waals surface area contributed by atoms with E-state index >= 15 is 0 Å². The number of rotatable bonds is 7. The maximum atomic E-state index is 12.9. The van der Waals surface area contributed by atoms with Gasteiger partial charge in [-0.3, -0.25) is 9.63 Å². The second-order valence-corrected chi connectivity index (χ2v) is 7.95. The molecule has 3 aromatic rings. The number of halogens is 1. The molecule has 0 saturated heterocycles. The van der Waals surface area contributed by atoms with E-state index in [0.29, 0.717) is 11.4 Å². The Morgan fingerprint density at radius 1 is 1.03 bits per heavy atom. The van der Waals surface area contributed by atoms with Gasteiger partial charge in [0.2, 0.25) is 5.88 Å². The summed E-state index contributed by atoms with van der Waals surface area (Å²) < 4.78 is 43.5. The highest BCUT2D eigenvalue weighted by atomic mass is 32.2. The molecule has 0 bridgehead atoms. The van der Waals surface area contributed by atoms with Crippen LogP contribution in [0.25, 0.3) is 0 Å². The first-order valence-electron chi connectivity index (χ1n) is 8.63. The van der Waals surface area contributed by atoms with Crippen LogP contribution in [0.5, 0.6) is 11.6 Å². The van der Waals surface area contributed by atoms with Crippen LogP contribution >= 0.6 is 0 Å². The molecule has 1 N–H and O–H groups in total. The summed E-state index contributed by atoms with van der Waals surface area (Å²) in [7, 11) is -1.28. The van der Waals surface area contributed by atoms with Crippen molar-refractivity contribution < 1.29 is 27.2 Å². The molecule has 1 aromatic heterocycles. The number of carbonyl (C=O) groups excluding carboxylic acids is 1. The van der Waals surface area contributed by atoms with Gasteiger partial charge >= 0.3 is 0 Å². The molecule has 0 aliphatic heterocycles. The Bertz CT molecular complexity index is 1120. The molecule has 0 fully saturated rings. The van der Waals surface area contributed by atoms with Gasteiger partial charge in [-0.25, -0.2) is 17.8 Å². The Morgan fingerprint density at radius 2 is 1.70 bits per heavy atom. The quantitative estimate of drug-likeness (QED) is 0.576. The standard InChI is InChI=1S/C20H18FN3O5S/c1-24(28-2)30(26,27)18-10-3-14(4-11-18)20(25)23-16-7-12-19(22-13-16)29-17-8-5-15(21)6-9-17/h3-13H,1-2H3,(H,23,25). The minimum atomic E-state index is -3.79. The van der Waals surface area contributed by atoms with Crippen LogP contribution in [0, 0.1) is 5.82 Å². The summed E-state index contributed by atoms with van der Waals surface area (Å²) in [5.74, 6) is -0.107. The lowest BCUT2D eigenvalue weighted by molar-refractivity contribution is -0.0258. The van der Waals surface area contributed by atoms with Gasteiger partial charge in [0.1, 0.15) is 11.6 Å². The number of nitrogens with zero attached hydrogens (tertiary/aromatic N) is 2. The Labute approximate surface area is 172 Å². The fourth-order valence-corrected chi connectivity index (χ4v) is 3.34. The van der Waals surface area contributed by atoms with E-state index in [1.54, 1.807) is 12.1 Å². The number of sulfonamides is 1. The largest absolute Gasteiger partial charge is 0.439 e. The van der Waals surface area contributed by atoms with Gasteiger partial charge in [-0.2, -0.15) is 0 Å². The second-order valence-electron chi connectivity index (χ2n) is 6.02. The first kappa shape index (κ1) is 21.4. The van der Waals surface area contributed by atoms with E-state index in [-0.39, 0.29) is 22.2 Å². The van der Waals surface area contributed by atoms with Gasteiger partial charge in [0.05, 0.1) is 23.9 Å². The summed E-state index contributed by atoms with van der Waals surface area (Å²) in [5.41, 5.74) is 0.683. The molecule has 0 saturated carbocycles. The molecule has 0 unspecified atom stereocenters. The van der Waals surface area contributed by atoms with Crippen LogP contribution in [0.3, 0.4) is 0 Å². The van der Waals surface area contributed by atoms with Gasteiger partial charge in [-0.05, 0) is 54.6 Å². The number of pyridine rings is 1. The third-order valence-electron chi connectivity index (χ3n) is 4.04. The molecule has 2 aromatic carbocycles. The van der Waals surface area contributed by atoms with E-state index in [1.165, 1.54) is 68.9 Å². The SMILES string of the molecule is CON(C)S(=O)(=O)c1ccc(C(=O)Nc2ccc(Oc3ccc(F)cc3)nc2)cc1. The van der Waals surface area contributed by atoms with E-state index in [9.17, 15) is 17.6 Å². The summed E-state index contributed by atoms with van der Waals surface area (Å²) in [4.78, 5) is 21.2. The number of carbonyl (C=O) groups is 1. The predicted octanol–water partition coefficient (Wildman–Crippen LogP) is 3.45. The van der Waals surface area contributed by atoms with E-state index in [0.717, 1.165) is 4.47 Å². The highest BCUT2D eigenvalue weighted by Crippen LogP contribution is 2.21. The minimum Gasteiger partial charge on any atom is -0.439 e. The normalized spacial score (nSPS) is 11.3. The van der Waals surface area contributed by atoms with Crippen molar-refractivity contribution in [2.45, 2.75) is 4.90 Å². The molecule has 30 heavy (non-hydrogen) atoms. The van der Waals surface area contributed by atoms with Crippen molar-refractivity contribution in [3.05, 3.63) is 78.2 Å². The van der Waals surface area contributed by atoms with Gasteiger partial charge in [0.15, 0.2) is 0 Å². The molecule has 0 radical (unpaired) electrons. The molecule has 0 atom stereocenters. The summed E-state index contributed by atoms with van der Waals surface area (Å²) in [6.45, 7) is 0. The fraction of sp³-hybridized carbons (Fsp3) is 0.100. The molecule has 0 aliphatic carbocycles. The van der Waals surface area contributed by atoms with Crippen molar-refractivity contribution in [2.75, 3.05) is 19.5 Å². The Hall–Kier alpha value is -3.34. The van der Waals surface area contributed by atoms with Crippen molar-refractivity contribution in [3.8, 4) is 11.6 Å². The zero-order chi connectivity index (χ0) is 21.7. The number of nitrogens with one attached hydrogen (secondary N) is 1. The third kappa shape index (κ3) is 4.98. The van der Waals surface area contributed by atoms with Crippen LogP contribution in [0.1, 0.15) is 10.4 Å². The first-order chi connectivity index (χ1) is 14.3. The van der Waals surface area contributed by atoms with E-state index in [2.05, 4.69) is 10.3 Å². The van der Waals surface area contributed by atoms with Crippen LogP contribution < -0.4 is 10.1 Å². The Kier molecular flexibility index (Phi) is 6.40. The lowest BCUT2D eigenvalue weighted by atomic mass is 10.2. The number of hydrogen-bond acceptors (Lipinski definition) is 6. The fourth-order valence-electron chi connectivity index (χ4n) is 2.37. The zero-order valence-electron chi connectivity index (χ0n) is 16.1. The van der Waals surface area contributed by atoms with Gasteiger partial charge < -0.3 is 10.1 Å². The second kappa shape index (κ2) is 8.99. The Morgan fingerprint density at radius 3 is 2.27 bits per heavy atom. The van der Waals surface area contributed by atoms with Crippen LogP contribution in [-0.4, -0.2) is 37.9 Å². The van der Waals surface area contributed by atoms with Crippen LogP contribution in [0.15, 0.2) is 71.8 Å². The number of benzene rings is 2. The molecule has 1 heterocycles. The predicted molar refractivity (Wildman–Crippen MR) is 107 cm³/mol. The van der Waals surface area contributed by atoms with Gasteiger partial charge in [0.25, 0.3) is 15.9 Å². The molecular formula is C20H18FN3O5S. The number of amides is 1. The molecule has 3 rings (SSSR count). The highest BCUT2D eigenvalue weighted by Gasteiger charge is 2.21. The van der Waals surface area contributed by atoms with Crippen molar-refractivity contribution in [3.63, 3.8) is 0 Å². The van der Waals surface area contributed by atoms with Crippen molar-refractivity contribution in [1.82, 2.24) is 9.45 Å². The van der Waals surface area contributed by atoms with E-state index in [1.807, 2.05) is 0 Å². The number of hydroxylamine groups is 1. The van der Waals surface area contributed by atoms with Crippen molar-refractivity contribution in [1.29, 1.82) is 0 Å². The molecule has 156 valence electrons. The zero-order valence-corrected chi connectivity index (χ0v) is 16.9. The van der Waals surface area contributed by atoms with Gasteiger partial charge in [-0.15, -0.1) is 0 Å². The minimum absolute atomic E-state index is 0.00707. The molecule has 10 heteroatoms. The van der Waals surface area contributed by atoms with Crippen molar-refractivity contribution >= 4 is 21.6 Å². The van der Waals surface area contributed by atoms with E-state index < -0.39 is 15.9 Å². The lowest BCUT2D eigenvalue weighted by Crippen LogP contribution is -2.25. The summed E-state index contributed by atoms with van der Waals surface area (Å²) in [5, 5.41) is 2.66. The molecule has 1 amide bonds. The highest BCUT2D eigenvalue weighted by molar-refractivity contribution is 7.89. The molecule has 0 spiro atoms. The number of hydrogen-bond donors (Lipinski definition) is 1. The summed E-state index contributed by atoms with van der Waals surface area (Å²) >= 11 is 0. The maximum Gasteiger partial charge on any atom is 0.264 e. The third-order valence-corrected chi connectivity index (χ3v) is 5.73. The smallest absolute Gasteiger partial charge is 0.264 e. The Balaban J connectivity index is 1.65. The lowest BCUT2D eigenvalue weighted by Gasteiger charge is -2.14. The first-order valence-corrected chi connectivity index (χ1v) is 10.1. The number of anilines is 1. The molecular weight excluding hydrogens is 413 g/mol. The average Bonchev–Trinajstić information content (AvgIpc) is 2.76. The van der Waals surface area contributed by atoms with Crippen LogP contribution in [0.2, 0.25) is 0 Å². The van der Waals surface area contributed by atoms with Crippen molar-refractivity contribution in [2.24, 2.45) is 0 Å². The summed E-state index contributed by atoms with van der Waals surface area (Å²) in [6.07, 6.45) is 1.41. The topological polar surface area (TPSA) is 97.8 Å². The van der Waals surface area contributed by atoms with Gasteiger partial charge in [-0.1, -0.05) is 4.47 Å². The van der Waals surface area contributed by atoms with Crippen LogP contribution in [-0.2, 0) is 14.9 Å². The number of aromatic nitrogens is 1. The monoisotopic (exact) mass is 431 g/mol. The molecule has 8 nitrogen and oxygen atoms in total. The van der Waals surface area contributed by atoms with Gasteiger partial charge in [0, 0.05) is 18.7 Å². The summed E-state index contributed by atoms with van der Waals surface area (Å²) in [6, 6.07) is 14.1. The maximum absolute atomic E-state index is 12.9. The average molecular weight is 431 g/mol. The molecule has 0 aliphatic rings. The number of ether oxygens (including phenoxy) is 1. The van der Waals surface area contributed by atoms with Crippen LogP contribution in [0.4, 0.5) is 10.1 Å². The van der Waals surface area contributed by atoms with E-state index in [4.69, 9.17) is 9.57 Å².